The molecule has 7 heteroatoms. The van der Waals surface area contributed by atoms with Crippen molar-refractivity contribution in [3.63, 3.8) is 0 Å². The Bertz CT molecular complexity index is 5060. The summed E-state index contributed by atoms with van der Waals surface area (Å²) in [6, 6.07) is 86.1. The van der Waals surface area contributed by atoms with Gasteiger partial charge in [0.05, 0.1) is 90.1 Å². The van der Waals surface area contributed by atoms with E-state index in [0.717, 1.165) is 120 Å². The van der Waals surface area contributed by atoms with Crippen LogP contribution in [0.15, 0.2) is 237 Å². The highest BCUT2D eigenvalue weighted by Crippen LogP contribution is 2.52. The average Bonchev–Trinajstić information content (AvgIpc) is 4.42. The third-order valence-electron chi connectivity index (χ3n) is 15.7. The quantitative estimate of drug-likeness (QED) is 0.159. The van der Waals surface area contributed by atoms with Crippen LogP contribution in [0.4, 0.5) is 5.69 Å². The van der Waals surface area contributed by atoms with Crippen molar-refractivity contribution in [1.29, 1.82) is 5.26 Å². The Morgan fingerprint density at radius 3 is 0.960 bits per heavy atom. The minimum absolute atomic E-state index is 0.360. The van der Waals surface area contributed by atoms with Crippen molar-refractivity contribution in [3.8, 4) is 34.5 Å². The summed E-state index contributed by atoms with van der Waals surface area (Å²) in [7, 11) is 0. The van der Waals surface area contributed by atoms with Gasteiger partial charge in [-0.3, -0.25) is 0 Å². The molecule has 0 saturated carbocycles. The average molecular weight is 954 g/mol. The first-order valence-electron chi connectivity index (χ1n) is 25.2. The van der Waals surface area contributed by atoms with Gasteiger partial charge in [0.15, 0.2) is 0 Å². The number of rotatable bonds is 5. The van der Waals surface area contributed by atoms with Crippen molar-refractivity contribution in [2.45, 2.75) is 0 Å². The van der Waals surface area contributed by atoms with Crippen LogP contribution in [0.1, 0.15) is 5.56 Å². The van der Waals surface area contributed by atoms with Gasteiger partial charge in [-0.1, -0.05) is 164 Å². The van der Waals surface area contributed by atoms with Gasteiger partial charge in [0, 0.05) is 59.5 Å². The molecule has 16 rings (SSSR count). The zero-order chi connectivity index (χ0) is 49.5. The zero-order valence-electron chi connectivity index (χ0n) is 40.1. The van der Waals surface area contributed by atoms with Gasteiger partial charge in [-0.25, -0.2) is 4.85 Å². The maximum Gasteiger partial charge on any atom is 0.237 e. The Balaban J connectivity index is 1.22. The Morgan fingerprint density at radius 1 is 0.280 bits per heavy atom. The second kappa shape index (κ2) is 15.5. The van der Waals surface area contributed by atoms with Crippen LogP contribution in [-0.2, 0) is 0 Å². The first-order chi connectivity index (χ1) is 37.2. The molecule has 0 radical (unpaired) electrons. The molecule has 0 fully saturated rings. The number of nitrogens with zero attached hydrogens (tertiary/aromatic N) is 7. The summed E-state index contributed by atoms with van der Waals surface area (Å²) in [5, 5.41) is 23.3. The topological polar surface area (TPSA) is 52.8 Å². The van der Waals surface area contributed by atoms with Gasteiger partial charge in [-0.05, 0) is 72.8 Å². The summed E-state index contributed by atoms with van der Waals surface area (Å²) in [6.07, 6.45) is 0. The van der Waals surface area contributed by atoms with Crippen LogP contribution in [0, 0.1) is 17.9 Å². The van der Waals surface area contributed by atoms with E-state index in [1.807, 2.05) is 12.1 Å². The molecule has 0 aliphatic heterocycles. The van der Waals surface area contributed by atoms with Crippen molar-refractivity contribution in [2.75, 3.05) is 0 Å². The normalized spacial score (nSPS) is 12.0. The summed E-state index contributed by atoms with van der Waals surface area (Å²) in [4.78, 5) is 4.73. The molecule has 0 N–H and O–H groups in total. The SMILES string of the molecule is [C-]#[N+]c1c(-n2c3ccccc3c3ccccc32)c(C#N)c(-n2c3ccccc3c3c4c5ccccc5n(-c5ccccc5)c4ccc32)c(-n2c3ccccc3c3ccccc32)c1-n1c2ccccc2c2ccccc21. The number of benzene rings is 11. The maximum absolute atomic E-state index is 12.6. The Labute approximate surface area is 428 Å². The minimum atomic E-state index is 0.360. The summed E-state index contributed by atoms with van der Waals surface area (Å²) in [6.45, 7) is 9.70. The molecule has 346 valence electrons. The van der Waals surface area contributed by atoms with Gasteiger partial charge < -0.3 is 22.8 Å². The lowest BCUT2D eigenvalue weighted by Gasteiger charge is -2.27. The first-order valence-corrected chi connectivity index (χ1v) is 25.2. The van der Waals surface area contributed by atoms with Crippen LogP contribution in [0.3, 0.4) is 0 Å². The highest BCUT2D eigenvalue weighted by molar-refractivity contribution is 6.29. The fraction of sp³-hybridized carbons (Fsp3) is 0. The van der Waals surface area contributed by atoms with Crippen molar-refractivity contribution in [3.05, 3.63) is 254 Å². The fourth-order valence-corrected chi connectivity index (χ4v) is 12.9. The van der Waals surface area contributed by atoms with Gasteiger partial charge in [0.25, 0.3) is 0 Å². The molecule has 0 amide bonds. The molecule has 0 spiro atoms. The molecule has 11 aromatic carbocycles. The van der Waals surface area contributed by atoms with E-state index in [0.29, 0.717) is 28.3 Å². The molecule has 16 aromatic rings. The van der Waals surface area contributed by atoms with Crippen molar-refractivity contribution in [2.24, 2.45) is 0 Å². The molecule has 0 atom stereocenters. The fourth-order valence-electron chi connectivity index (χ4n) is 12.9. The van der Waals surface area contributed by atoms with Gasteiger partial charge in [0.2, 0.25) is 5.69 Å². The third kappa shape index (κ3) is 5.40. The first kappa shape index (κ1) is 41.1. The third-order valence-corrected chi connectivity index (χ3v) is 15.7. The Morgan fingerprint density at radius 2 is 0.573 bits per heavy atom. The van der Waals surface area contributed by atoms with E-state index in [-0.39, 0.29) is 0 Å². The molecule has 0 aliphatic rings. The number of aromatic nitrogens is 5. The summed E-state index contributed by atoms with van der Waals surface area (Å²) in [5.41, 5.74) is 14.1. The highest BCUT2D eigenvalue weighted by Gasteiger charge is 2.35. The predicted molar refractivity (Wildman–Crippen MR) is 309 cm³/mol. The van der Waals surface area contributed by atoms with Crippen LogP contribution in [-0.4, -0.2) is 22.8 Å². The van der Waals surface area contributed by atoms with Crippen molar-refractivity contribution >= 4 is 115 Å². The van der Waals surface area contributed by atoms with E-state index < -0.39 is 0 Å². The maximum atomic E-state index is 12.6. The van der Waals surface area contributed by atoms with Gasteiger partial charge in [0.1, 0.15) is 6.07 Å². The summed E-state index contributed by atoms with van der Waals surface area (Å²) < 4.78 is 11.5. The molecule has 5 aromatic heterocycles. The van der Waals surface area contributed by atoms with Gasteiger partial charge in [-0.15, -0.1) is 0 Å². The van der Waals surface area contributed by atoms with E-state index in [4.69, 9.17) is 4.85 Å². The largest absolute Gasteiger partial charge is 0.318 e. The van der Waals surface area contributed by atoms with Crippen LogP contribution < -0.4 is 0 Å². The van der Waals surface area contributed by atoms with Crippen LogP contribution in [0.25, 0.3) is 142 Å². The van der Waals surface area contributed by atoms with Crippen LogP contribution in [0.2, 0.25) is 0 Å². The number of hydrogen-bond acceptors (Lipinski definition) is 1. The van der Waals surface area contributed by atoms with Crippen molar-refractivity contribution in [1.82, 2.24) is 22.8 Å². The molecule has 7 nitrogen and oxygen atoms in total. The second-order valence-electron chi connectivity index (χ2n) is 19.3. The van der Waals surface area contributed by atoms with E-state index in [2.05, 4.69) is 253 Å². The van der Waals surface area contributed by atoms with Gasteiger partial charge >= 0.3 is 0 Å². The minimum Gasteiger partial charge on any atom is -0.318 e. The lowest BCUT2D eigenvalue weighted by atomic mass is 10.0. The van der Waals surface area contributed by atoms with E-state index in [1.54, 1.807) is 0 Å². The Hall–Kier alpha value is -10.6. The lowest BCUT2D eigenvalue weighted by Crippen LogP contribution is -2.14. The molecule has 0 bridgehead atoms. The van der Waals surface area contributed by atoms with E-state index in [1.165, 1.54) is 0 Å². The predicted octanol–water partition coefficient (Wildman–Crippen LogP) is 17.6. The van der Waals surface area contributed by atoms with Gasteiger partial charge in [-0.2, -0.15) is 5.26 Å². The Kier molecular flexibility index (Phi) is 8.46. The number of fused-ring (bicyclic) bond motifs is 16. The zero-order valence-corrected chi connectivity index (χ0v) is 40.1. The van der Waals surface area contributed by atoms with E-state index >= 15 is 0 Å². The standard InChI is InChI=1S/C68H39N7/c1-70-64-65(72-52-31-13-5-23-43(52)44-24-6-14-32-53(44)72)51(41-69)66(75-59-38-20-12-30-50(59)63-61(75)40-39-60-62(63)49-29-11-19-37-58(49)71(60)42-21-3-2-4-22-42)68(74-56-35-17-9-27-47(56)48-28-10-18-36-57(48)74)67(64)73-54-33-15-7-25-45(54)46-26-8-16-34-55(46)73/h2-40H. The molecule has 0 saturated heterocycles. The smallest absolute Gasteiger partial charge is 0.237 e. The van der Waals surface area contributed by atoms with Crippen LogP contribution in [0.5, 0.6) is 0 Å². The molecule has 75 heavy (non-hydrogen) atoms. The number of para-hydroxylation sites is 9. The molecular weight excluding hydrogens is 915 g/mol. The molecule has 0 unspecified atom stereocenters. The lowest BCUT2D eigenvalue weighted by molar-refractivity contribution is 1.03. The molecule has 0 aliphatic carbocycles. The monoisotopic (exact) mass is 953 g/mol. The molecule has 5 heterocycles. The second-order valence-corrected chi connectivity index (χ2v) is 19.3. The number of nitriles is 1. The summed E-state index contributed by atoms with van der Waals surface area (Å²) >= 11 is 0. The van der Waals surface area contributed by atoms with E-state index in [9.17, 15) is 11.8 Å². The number of hydrogen-bond donors (Lipinski definition) is 0. The van der Waals surface area contributed by atoms with Crippen molar-refractivity contribution < 1.29 is 0 Å². The summed E-state index contributed by atoms with van der Waals surface area (Å²) in [5.74, 6) is 0. The highest BCUT2D eigenvalue weighted by atomic mass is 15.1. The molecular formula is C68H39N7. The van der Waals surface area contributed by atoms with Crippen LogP contribution >= 0.6 is 0 Å².